The van der Waals surface area contributed by atoms with Gasteiger partial charge in [0.1, 0.15) is 23.2 Å². The first-order valence-electron chi connectivity index (χ1n) is 26.0. The summed E-state index contributed by atoms with van der Waals surface area (Å²) in [5.41, 5.74) is -3.65. The van der Waals surface area contributed by atoms with Gasteiger partial charge in [0, 0.05) is 82.0 Å². The normalized spacial score (nSPS) is 37.8. The molecular weight excluding hydrogens is 1190 g/mol. The molecule has 1 aromatic heterocycles. The van der Waals surface area contributed by atoms with Gasteiger partial charge in [-0.1, -0.05) is 44.0 Å². The Bertz CT molecular complexity index is 2470. The fourth-order valence-corrected chi connectivity index (χ4v) is 14.0. The summed E-state index contributed by atoms with van der Waals surface area (Å²) >= 11 is 15.7. The van der Waals surface area contributed by atoms with Crippen LogP contribution in [-0.2, 0) is 57.1 Å². The Morgan fingerprint density at radius 2 is 1.56 bits per heavy atom. The lowest BCUT2D eigenvalue weighted by Gasteiger charge is -2.50. The van der Waals surface area contributed by atoms with E-state index in [9.17, 15) is 29.4 Å². The molecule has 4 aliphatic rings. The SMILES string of the molecule is COc1ccc(C(=O)Nc2c(Cl)cncc2Cl)cc1OCCS[C@@H]1C(=O)O[C@@]2(C)[C@H]1[C@@H](C)C(=O)[C@H](C)C[C@@](C)(OC)[C@H](O[C@@H]1O[C@H](C)C[C@H](N(C)C(C)=O)[C@H]1O)[C@@H](C)[C@H](O[C@H]1C[C@@](C)(OC)[C@@H](O)[C@H](C)O1)[C@@H](C)C(=O)O[C@@H]2I. The number of amides is 2. The number of thioether (sulfide) groups is 1. The van der Waals surface area contributed by atoms with Gasteiger partial charge in [0.2, 0.25) is 5.91 Å². The second-order valence-corrected chi connectivity index (χ2v) is 24.8. The molecule has 0 spiro atoms. The number of anilines is 1. The van der Waals surface area contributed by atoms with Crippen LogP contribution in [0.15, 0.2) is 30.6 Å². The van der Waals surface area contributed by atoms with Crippen molar-refractivity contribution < 1.29 is 81.6 Å². The van der Waals surface area contributed by atoms with Gasteiger partial charge in [0.25, 0.3) is 5.91 Å². The second-order valence-electron chi connectivity index (χ2n) is 21.6. The molecule has 0 saturated carbocycles. The molecule has 24 heteroatoms. The monoisotopic (exact) mass is 1270 g/mol. The van der Waals surface area contributed by atoms with Crippen molar-refractivity contribution in [3.8, 4) is 11.5 Å². The second kappa shape index (κ2) is 26.4. The quantitative estimate of drug-likeness (QED) is 0.0685. The van der Waals surface area contributed by atoms with Crippen molar-refractivity contribution in [1.29, 1.82) is 0 Å². The number of ketones is 1. The van der Waals surface area contributed by atoms with Crippen molar-refractivity contribution in [2.75, 3.05) is 46.1 Å². The summed E-state index contributed by atoms with van der Waals surface area (Å²) in [4.78, 5) is 75.8. The number of Topliss-reactive ketones (excluding diaryl/α,β-unsaturated/α-hetero) is 1. The number of halogens is 3. The molecule has 20 nitrogen and oxygen atoms in total. The number of carbonyl (C=O) groups is 5. The zero-order valence-corrected chi connectivity index (χ0v) is 51.1. The Morgan fingerprint density at radius 3 is 2.18 bits per heavy atom. The van der Waals surface area contributed by atoms with Gasteiger partial charge in [-0.15, -0.1) is 11.8 Å². The molecule has 78 heavy (non-hydrogen) atoms. The molecule has 19 atom stereocenters. The van der Waals surface area contributed by atoms with Crippen LogP contribution in [0.25, 0.3) is 0 Å². The topological polar surface area (TPSA) is 246 Å². The first-order valence-corrected chi connectivity index (χ1v) is 29.1. The number of nitrogens with zero attached hydrogens (tertiary/aromatic N) is 2. The highest BCUT2D eigenvalue weighted by Gasteiger charge is 2.62. The van der Waals surface area contributed by atoms with Gasteiger partial charge in [0.05, 0.1) is 77.0 Å². The van der Waals surface area contributed by atoms with Gasteiger partial charge in [-0.3, -0.25) is 29.0 Å². The van der Waals surface area contributed by atoms with Gasteiger partial charge < -0.3 is 67.8 Å². The standard InChI is InChI=1S/C54H76Cl2IN3O17S/c1-25-21-53(9,70-14)46(75-50-42(63)35(19-26(2)72-50)60(11)31(7)61)28(4)43(74-38-22-52(8,69-13)45(64)30(6)73-38)29(5)48(66)76-51(57)54(10)39(27(3)41(25)62)44(49(67)77-54)78-18-17-71-37-20-32(15-16-36(37)68-12)47(65)59-40-33(55)23-58-24-34(40)56/h15-16,20,23-30,35,38-39,42-46,50-51,63-64H,17-19,21-22H2,1-14H3,(H,58,59,65)/t25-,26-,27-,28+,29-,30+,35+,38+,39+,42-,43+,44+,45+,46-,50+,51+,52-,53-,54+/m1/s1. The largest absolute Gasteiger partial charge is 0.493 e. The number of hydrogen-bond donors (Lipinski definition) is 3. The fourth-order valence-electron chi connectivity index (χ4n) is 11.4. The number of fused-ring (bicyclic) bond motifs is 1. The molecule has 2 aromatic rings. The minimum atomic E-state index is -1.54. The van der Waals surface area contributed by atoms with E-state index < -0.39 is 129 Å². The lowest BCUT2D eigenvalue weighted by atomic mass is 9.72. The number of aliphatic hydroxyl groups excluding tert-OH is 2. The molecule has 4 saturated heterocycles. The molecule has 0 bridgehead atoms. The molecule has 436 valence electrons. The summed E-state index contributed by atoms with van der Waals surface area (Å²) in [6.45, 7) is 17.1. The number of alkyl halides is 1. The minimum absolute atomic E-state index is 0.0172. The fraction of sp³-hybridized carbons (Fsp3) is 0.704. The van der Waals surface area contributed by atoms with E-state index in [0.29, 0.717) is 12.2 Å². The molecule has 0 aliphatic carbocycles. The predicted octanol–water partition coefficient (Wildman–Crippen LogP) is 7.30. The Kier molecular flexibility index (Phi) is 21.7. The van der Waals surface area contributed by atoms with Crippen LogP contribution in [0, 0.1) is 29.6 Å². The van der Waals surface area contributed by atoms with Gasteiger partial charge in [-0.2, -0.15) is 0 Å². The van der Waals surface area contributed by atoms with Crippen LogP contribution in [0.2, 0.25) is 10.0 Å². The van der Waals surface area contributed by atoms with E-state index in [2.05, 4.69) is 10.3 Å². The lowest BCUT2D eigenvalue weighted by molar-refractivity contribution is -0.319. The van der Waals surface area contributed by atoms with E-state index in [1.807, 2.05) is 29.5 Å². The average molecular weight is 1270 g/mol. The van der Waals surface area contributed by atoms with Crippen LogP contribution in [0.4, 0.5) is 5.69 Å². The van der Waals surface area contributed by atoms with Gasteiger partial charge in [0.15, 0.2) is 33.8 Å². The predicted molar refractivity (Wildman–Crippen MR) is 298 cm³/mol. The Labute approximate surface area is 484 Å². The highest BCUT2D eigenvalue weighted by molar-refractivity contribution is 14.1. The third-order valence-corrected chi connectivity index (χ3v) is 19.5. The maximum Gasteiger partial charge on any atom is 0.320 e. The molecule has 2 amide bonds. The third-order valence-electron chi connectivity index (χ3n) is 16.2. The number of nitrogens with one attached hydrogen (secondary N) is 1. The van der Waals surface area contributed by atoms with Crippen molar-refractivity contribution in [2.45, 2.75) is 170 Å². The van der Waals surface area contributed by atoms with E-state index in [1.54, 1.807) is 74.6 Å². The number of aliphatic hydroxyl groups is 2. The van der Waals surface area contributed by atoms with Crippen LogP contribution in [0.1, 0.15) is 98.9 Å². The number of methoxy groups -OCH3 is 3. The maximum atomic E-state index is 15.2. The number of likely N-dealkylation sites (N-methyl/N-ethyl adjacent to an activating group) is 1. The molecule has 0 unspecified atom stereocenters. The highest BCUT2D eigenvalue weighted by Crippen LogP contribution is 2.50. The van der Waals surface area contributed by atoms with E-state index in [-0.39, 0.29) is 63.9 Å². The first-order chi connectivity index (χ1) is 36.6. The van der Waals surface area contributed by atoms with Crippen LogP contribution in [-0.4, -0.2) is 172 Å². The summed E-state index contributed by atoms with van der Waals surface area (Å²) < 4.78 is 61.8. The number of rotatable bonds is 15. The van der Waals surface area contributed by atoms with E-state index in [4.69, 9.17) is 70.6 Å². The van der Waals surface area contributed by atoms with Crippen molar-refractivity contribution in [2.24, 2.45) is 29.6 Å². The van der Waals surface area contributed by atoms with Crippen molar-refractivity contribution in [3.63, 3.8) is 0 Å². The average Bonchev–Trinajstić information content (AvgIpc) is 3.75. The molecule has 4 fully saturated rings. The number of hydrogen-bond acceptors (Lipinski definition) is 19. The van der Waals surface area contributed by atoms with Crippen LogP contribution in [0.5, 0.6) is 11.5 Å². The van der Waals surface area contributed by atoms with Gasteiger partial charge >= 0.3 is 11.9 Å². The number of aromatic nitrogens is 1. The summed E-state index contributed by atoms with van der Waals surface area (Å²) in [5.74, 6) is -6.09. The molecule has 0 radical (unpaired) electrons. The van der Waals surface area contributed by atoms with Crippen LogP contribution in [0.3, 0.4) is 0 Å². The van der Waals surface area contributed by atoms with Crippen molar-refractivity contribution in [3.05, 3.63) is 46.2 Å². The molecule has 5 heterocycles. The first kappa shape index (κ1) is 64.0. The van der Waals surface area contributed by atoms with Gasteiger partial charge in [-0.25, -0.2) is 0 Å². The van der Waals surface area contributed by atoms with Crippen LogP contribution < -0.4 is 14.8 Å². The highest BCUT2D eigenvalue weighted by atomic mass is 127. The summed E-state index contributed by atoms with van der Waals surface area (Å²) in [6.07, 6.45) is -5.07. The Hall–Kier alpha value is -3.14. The molecule has 6 rings (SSSR count). The number of esters is 2. The van der Waals surface area contributed by atoms with E-state index in [0.717, 1.165) is 0 Å². The summed E-state index contributed by atoms with van der Waals surface area (Å²) in [7, 11) is 6.02. The maximum absolute atomic E-state index is 15.2. The lowest BCUT2D eigenvalue weighted by Crippen LogP contribution is -2.61. The molecule has 3 N–H and O–H groups in total. The summed E-state index contributed by atoms with van der Waals surface area (Å²) in [6, 6.07) is 3.92. The van der Waals surface area contributed by atoms with Crippen LogP contribution >= 0.6 is 57.6 Å². The number of ether oxygens (including phenoxy) is 10. The third kappa shape index (κ3) is 13.7. The molecular formula is C54H76Cl2IN3O17S. The zero-order chi connectivity index (χ0) is 57.9. The van der Waals surface area contributed by atoms with Gasteiger partial charge in [-0.05, 0) is 95.2 Å². The summed E-state index contributed by atoms with van der Waals surface area (Å²) in [5, 5.41) is 25.1. The number of pyridine rings is 1. The van der Waals surface area contributed by atoms with Crippen molar-refractivity contribution >= 4 is 92.8 Å². The number of cyclic esters (lactones) is 1. The molecule has 1 aromatic carbocycles. The number of benzene rings is 1. The zero-order valence-electron chi connectivity index (χ0n) is 46.6. The number of carbonyl (C=O) groups excluding carboxylic acids is 5. The Morgan fingerprint density at radius 1 is 0.910 bits per heavy atom. The van der Waals surface area contributed by atoms with E-state index in [1.165, 1.54) is 63.4 Å². The van der Waals surface area contributed by atoms with Crippen molar-refractivity contribution in [1.82, 2.24) is 9.88 Å². The molecule has 4 aliphatic heterocycles. The smallest absolute Gasteiger partial charge is 0.320 e. The Balaban J connectivity index is 1.34. The minimum Gasteiger partial charge on any atom is -0.493 e. The van der Waals surface area contributed by atoms with E-state index >= 15 is 4.79 Å².